The van der Waals surface area contributed by atoms with E-state index in [1.165, 1.54) is 11.1 Å². The van der Waals surface area contributed by atoms with Gasteiger partial charge in [0.15, 0.2) is 0 Å². The Bertz CT molecular complexity index is 175. The summed E-state index contributed by atoms with van der Waals surface area (Å²) < 4.78 is 0. The zero-order valence-electron chi connectivity index (χ0n) is 6.15. The van der Waals surface area contributed by atoms with Crippen molar-refractivity contribution < 1.29 is 5.11 Å². The van der Waals surface area contributed by atoms with Crippen molar-refractivity contribution in [1.82, 2.24) is 0 Å². The Kier molecular flexibility index (Phi) is 1.35. The summed E-state index contributed by atoms with van der Waals surface area (Å²) in [5, 5.41) is 9.18. The third-order valence-corrected chi connectivity index (χ3v) is 2.07. The third kappa shape index (κ3) is 0.869. The van der Waals surface area contributed by atoms with Crippen LogP contribution in [0, 0.1) is 0 Å². The molecule has 1 aliphatic rings. The summed E-state index contributed by atoms with van der Waals surface area (Å²) in [6.45, 7) is 6.07. The largest absolute Gasteiger partial charge is 0.512 e. The Labute approximate surface area is 55.7 Å². The van der Waals surface area contributed by atoms with Gasteiger partial charge >= 0.3 is 0 Å². The molecule has 1 rings (SSSR count). The van der Waals surface area contributed by atoms with Crippen molar-refractivity contribution in [2.24, 2.45) is 0 Å². The van der Waals surface area contributed by atoms with E-state index in [1.54, 1.807) is 0 Å². The normalized spacial score (nSPS) is 19.9. The highest BCUT2D eigenvalue weighted by Gasteiger charge is 2.13. The van der Waals surface area contributed by atoms with Crippen LogP contribution in [0.3, 0.4) is 0 Å². The molecule has 0 unspecified atom stereocenters. The van der Waals surface area contributed by atoms with Crippen LogP contribution < -0.4 is 0 Å². The van der Waals surface area contributed by atoms with Gasteiger partial charge in [-0.2, -0.15) is 0 Å². The Hall–Kier alpha value is -0.720. The molecule has 1 aliphatic carbocycles. The van der Waals surface area contributed by atoms with Crippen molar-refractivity contribution in [3.05, 3.63) is 22.5 Å². The predicted molar refractivity (Wildman–Crippen MR) is 38.3 cm³/mol. The van der Waals surface area contributed by atoms with Gasteiger partial charge < -0.3 is 5.11 Å². The minimum Gasteiger partial charge on any atom is -0.512 e. The lowest BCUT2D eigenvalue weighted by atomic mass is 10.1. The fourth-order valence-electron chi connectivity index (χ4n) is 1.05. The summed E-state index contributed by atoms with van der Waals surface area (Å²) in [5.41, 5.74) is 3.62. The average molecular weight is 124 g/mol. The van der Waals surface area contributed by atoms with Crippen LogP contribution in [-0.4, -0.2) is 5.11 Å². The molecule has 9 heavy (non-hydrogen) atoms. The highest BCUT2D eigenvalue weighted by molar-refractivity contribution is 5.41. The van der Waals surface area contributed by atoms with E-state index >= 15 is 0 Å². The topological polar surface area (TPSA) is 20.2 Å². The molecule has 0 amide bonds. The molecule has 0 spiro atoms. The maximum Gasteiger partial charge on any atom is 0.0994 e. The summed E-state index contributed by atoms with van der Waals surface area (Å²) in [7, 11) is 0. The van der Waals surface area contributed by atoms with Gasteiger partial charge in [-0.3, -0.25) is 0 Å². The first-order chi connectivity index (χ1) is 4.13. The number of hydrogen-bond donors (Lipinski definition) is 1. The fourth-order valence-corrected chi connectivity index (χ4v) is 1.05. The Morgan fingerprint density at radius 3 is 1.78 bits per heavy atom. The second-order valence-corrected chi connectivity index (χ2v) is 2.65. The predicted octanol–water partition coefficient (Wildman–Crippen LogP) is 2.56. The van der Waals surface area contributed by atoms with Gasteiger partial charge in [-0.25, -0.2) is 0 Å². The lowest BCUT2D eigenvalue weighted by Crippen LogP contribution is -1.77. The molecule has 0 bridgehead atoms. The van der Waals surface area contributed by atoms with Gasteiger partial charge in [0, 0.05) is 6.42 Å². The average Bonchev–Trinajstić information content (AvgIpc) is 1.98. The van der Waals surface area contributed by atoms with Gasteiger partial charge in [0.1, 0.15) is 0 Å². The highest BCUT2D eigenvalue weighted by Crippen LogP contribution is 2.29. The van der Waals surface area contributed by atoms with Crippen LogP contribution in [0.2, 0.25) is 0 Å². The van der Waals surface area contributed by atoms with Gasteiger partial charge in [-0.15, -0.1) is 0 Å². The third-order valence-electron chi connectivity index (χ3n) is 2.07. The number of rotatable bonds is 0. The summed E-state index contributed by atoms with van der Waals surface area (Å²) in [6.07, 6.45) is 0.762. The monoisotopic (exact) mass is 124 g/mol. The molecule has 0 saturated heterocycles. The zero-order chi connectivity index (χ0) is 7.02. The molecule has 0 saturated carbocycles. The van der Waals surface area contributed by atoms with Crippen molar-refractivity contribution in [2.75, 3.05) is 0 Å². The number of hydrogen-bond acceptors (Lipinski definition) is 1. The second-order valence-electron chi connectivity index (χ2n) is 2.65. The maximum absolute atomic E-state index is 9.18. The molecule has 1 nitrogen and oxygen atoms in total. The molecule has 1 N–H and O–H groups in total. The van der Waals surface area contributed by atoms with Crippen molar-refractivity contribution in [1.29, 1.82) is 0 Å². The molecule has 0 heterocycles. The quantitative estimate of drug-likeness (QED) is 0.526. The van der Waals surface area contributed by atoms with Gasteiger partial charge in [0.2, 0.25) is 0 Å². The highest BCUT2D eigenvalue weighted by atomic mass is 16.3. The lowest BCUT2D eigenvalue weighted by Gasteiger charge is -1.93. The van der Waals surface area contributed by atoms with E-state index in [2.05, 4.69) is 6.92 Å². The van der Waals surface area contributed by atoms with Crippen molar-refractivity contribution in [2.45, 2.75) is 27.2 Å². The van der Waals surface area contributed by atoms with Gasteiger partial charge in [-0.05, 0) is 31.9 Å². The van der Waals surface area contributed by atoms with E-state index in [-0.39, 0.29) is 0 Å². The summed E-state index contributed by atoms with van der Waals surface area (Å²) in [5.74, 6) is 0.546. The van der Waals surface area contributed by atoms with E-state index in [1.807, 2.05) is 13.8 Å². The molecule has 1 heteroatoms. The summed E-state index contributed by atoms with van der Waals surface area (Å²) >= 11 is 0. The smallest absolute Gasteiger partial charge is 0.0994 e. The van der Waals surface area contributed by atoms with Crippen molar-refractivity contribution in [3.8, 4) is 0 Å². The van der Waals surface area contributed by atoms with E-state index in [4.69, 9.17) is 0 Å². The van der Waals surface area contributed by atoms with Crippen molar-refractivity contribution >= 4 is 0 Å². The first kappa shape index (κ1) is 6.40. The lowest BCUT2D eigenvalue weighted by molar-refractivity contribution is 0.397. The molecular formula is C8H12O. The molecule has 0 aromatic carbocycles. The van der Waals surface area contributed by atoms with Gasteiger partial charge in [0.05, 0.1) is 5.76 Å². The second kappa shape index (κ2) is 1.90. The molecular weight excluding hydrogens is 112 g/mol. The standard InChI is InChI=1S/C8H12O/c1-5-4-8(9)7(3)6(5)2/h9H,4H2,1-3H3. The minimum atomic E-state index is 0.546. The molecule has 50 valence electrons. The number of aliphatic hydroxyl groups is 1. The van der Waals surface area contributed by atoms with Crippen LogP contribution in [0.4, 0.5) is 0 Å². The van der Waals surface area contributed by atoms with E-state index in [9.17, 15) is 5.11 Å². The van der Waals surface area contributed by atoms with Crippen LogP contribution in [0.5, 0.6) is 0 Å². The Balaban J connectivity index is 2.97. The van der Waals surface area contributed by atoms with Crippen LogP contribution in [0.15, 0.2) is 22.5 Å². The van der Waals surface area contributed by atoms with Crippen LogP contribution in [0.25, 0.3) is 0 Å². The fraction of sp³-hybridized carbons (Fsp3) is 0.500. The van der Waals surface area contributed by atoms with Crippen LogP contribution >= 0.6 is 0 Å². The molecule has 0 radical (unpaired) electrons. The molecule has 0 aromatic rings. The summed E-state index contributed by atoms with van der Waals surface area (Å²) in [4.78, 5) is 0. The van der Waals surface area contributed by atoms with E-state index in [0.717, 1.165) is 12.0 Å². The van der Waals surface area contributed by atoms with E-state index in [0.29, 0.717) is 5.76 Å². The first-order valence-corrected chi connectivity index (χ1v) is 3.18. The Morgan fingerprint density at radius 2 is 1.67 bits per heavy atom. The van der Waals surface area contributed by atoms with Crippen LogP contribution in [-0.2, 0) is 0 Å². The maximum atomic E-state index is 9.18. The Morgan fingerprint density at radius 1 is 1.11 bits per heavy atom. The summed E-state index contributed by atoms with van der Waals surface area (Å²) in [6, 6.07) is 0. The van der Waals surface area contributed by atoms with Gasteiger partial charge in [-0.1, -0.05) is 5.57 Å². The molecule has 0 fully saturated rings. The van der Waals surface area contributed by atoms with Gasteiger partial charge in [0.25, 0.3) is 0 Å². The SMILES string of the molecule is CC1=C(C)C(C)=C(O)C1. The van der Waals surface area contributed by atoms with Crippen LogP contribution in [0.1, 0.15) is 27.2 Å². The molecule has 0 atom stereocenters. The molecule has 0 aromatic heterocycles. The number of allylic oxidation sites excluding steroid dienone is 3. The van der Waals surface area contributed by atoms with E-state index < -0.39 is 0 Å². The van der Waals surface area contributed by atoms with Crippen molar-refractivity contribution in [3.63, 3.8) is 0 Å². The number of aliphatic hydroxyl groups excluding tert-OH is 1. The molecule has 0 aliphatic heterocycles. The zero-order valence-corrected chi connectivity index (χ0v) is 6.15. The first-order valence-electron chi connectivity index (χ1n) is 3.18. The minimum absolute atomic E-state index is 0.546.